The molecule has 0 aromatic heterocycles. The Hall–Kier alpha value is -0.790. The molecule has 0 saturated heterocycles. The minimum atomic E-state index is 0.974. The second-order valence-corrected chi connectivity index (χ2v) is 1.83. The summed E-state index contributed by atoms with van der Waals surface area (Å²) >= 11 is 0. The molecule has 0 aromatic carbocycles. The second-order valence-electron chi connectivity index (χ2n) is 1.83. The van der Waals surface area contributed by atoms with Crippen molar-refractivity contribution in [1.29, 1.82) is 0 Å². The van der Waals surface area contributed by atoms with Crippen LogP contribution in [0.5, 0.6) is 0 Å². The molecule has 0 aliphatic heterocycles. The fourth-order valence-electron chi connectivity index (χ4n) is 0.513. The summed E-state index contributed by atoms with van der Waals surface area (Å²) in [7, 11) is 1.99. The summed E-state index contributed by atoms with van der Waals surface area (Å²) in [6.45, 7) is 5.04. The highest BCUT2D eigenvalue weighted by Crippen LogP contribution is 1.67. The Morgan fingerprint density at radius 2 is 2.22 bits per heavy atom. The first-order valence-corrected chi connectivity index (χ1v) is 3.22. The lowest BCUT2D eigenvalue weighted by Crippen LogP contribution is -2.16. The van der Waals surface area contributed by atoms with Gasteiger partial charge in [-0.1, -0.05) is 0 Å². The Balaban J connectivity index is 3.55. The summed E-state index contributed by atoms with van der Waals surface area (Å²) < 4.78 is 1.98. The van der Waals surface area contributed by atoms with E-state index >= 15 is 0 Å². The van der Waals surface area contributed by atoms with Gasteiger partial charge in [0, 0.05) is 0 Å². The highest BCUT2D eigenvalue weighted by Gasteiger charge is 1.79. The minimum Gasteiger partial charge on any atom is -0.281 e. The highest BCUT2D eigenvalue weighted by molar-refractivity contribution is 5.47. The number of nitrogens with zero attached hydrogens (tertiary/aromatic N) is 1. The molecule has 9 heavy (non-hydrogen) atoms. The molecule has 0 spiro atoms. The zero-order valence-electron chi connectivity index (χ0n) is 6.39. The monoisotopic (exact) mass is 127 g/mol. The first-order chi connectivity index (χ1) is 4.31. The molecule has 0 rings (SSSR count). The first kappa shape index (κ1) is 8.21. The average Bonchev–Trinajstić information content (AvgIpc) is 1.85. The molecule has 0 amide bonds. The van der Waals surface area contributed by atoms with E-state index in [9.17, 15) is 0 Å². The molecule has 2 nitrogen and oxygen atoms in total. The molecule has 0 fully saturated rings. The van der Waals surface area contributed by atoms with Gasteiger partial charge in [-0.25, -0.2) is 4.58 Å². The molecular formula is C7H15N2+. The summed E-state index contributed by atoms with van der Waals surface area (Å²) in [6, 6.07) is 0. The molecule has 2 heteroatoms. The van der Waals surface area contributed by atoms with E-state index in [4.69, 9.17) is 0 Å². The van der Waals surface area contributed by atoms with Gasteiger partial charge in [0.05, 0.1) is 19.8 Å². The Morgan fingerprint density at radius 1 is 1.56 bits per heavy atom. The van der Waals surface area contributed by atoms with Crippen molar-refractivity contribution in [2.45, 2.75) is 13.8 Å². The molecule has 0 saturated carbocycles. The number of hydrogen-bond donors (Lipinski definition) is 1. The lowest BCUT2D eigenvalue weighted by atomic mass is 10.7. The molecule has 0 aliphatic carbocycles. The van der Waals surface area contributed by atoms with Crippen LogP contribution in [0.4, 0.5) is 0 Å². The predicted octanol–water partition coefficient (Wildman–Crippen LogP) is 0.800. The summed E-state index contributed by atoms with van der Waals surface area (Å²) in [6.07, 6.45) is 5.91. The van der Waals surface area contributed by atoms with E-state index in [1.54, 1.807) is 0 Å². The maximum atomic E-state index is 3.08. The van der Waals surface area contributed by atoms with Gasteiger partial charge >= 0.3 is 0 Å². The maximum absolute atomic E-state index is 3.08. The second kappa shape index (κ2) is 5.35. The molecule has 0 aromatic rings. The third kappa shape index (κ3) is 5.07. The van der Waals surface area contributed by atoms with E-state index in [2.05, 4.69) is 12.2 Å². The van der Waals surface area contributed by atoms with Gasteiger partial charge < -0.3 is 0 Å². The van der Waals surface area contributed by atoms with Gasteiger partial charge in [-0.2, -0.15) is 0 Å². The van der Waals surface area contributed by atoms with Gasteiger partial charge in [-0.15, -0.1) is 0 Å². The quantitative estimate of drug-likeness (QED) is 0.336. The predicted molar refractivity (Wildman–Crippen MR) is 40.7 cm³/mol. The van der Waals surface area contributed by atoms with Crippen LogP contribution in [-0.2, 0) is 0 Å². The van der Waals surface area contributed by atoms with Gasteiger partial charge in [0.15, 0.2) is 0 Å². The fourth-order valence-corrected chi connectivity index (χ4v) is 0.513. The topological polar surface area (TPSA) is 15.0 Å². The minimum absolute atomic E-state index is 0.974. The van der Waals surface area contributed by atoms with Crippen LogP contribution in [0.25, 0.3) is 0 Å². The van der Waals surface area contributed by atoms with Gasteiger partial charge in [-0.05, 0) is 19.9 Å². The van der Waals surface area contributed by atoms with Crippen molar-refractivity contribution in [3.8, 4) is 0 Å². The standard InChI is InChI=1S/C7H14N2/c1-4-6-9(3)7-8-5-2/h4,6-7H,5H2,1-3H3/p+1/b6-4-. The van der Waals surface area contributed by atoms with Gasteiger partial charge in [0.1, 0.15) is 0 Å². The smallest absolute Gasteiger partial charge is 0.236 e. The van der Waals surface area contributed by atoms with Crippen LogP contribution in [0.3, 0.4) is 0 Å². The molecule has 0 bridgehead atoms. The van der Waals surface area contributed by atoms with Crippen molar-refractivity contribution >= 4 is 6.34 Å². The van der Waals surface area contributed by atoms with Gasteiger partial charge in [-0.3, -0.25) is 5.32 Å². The van der Waals surface area contributed by atoms with Crippen molar-refractivity contribution in [2.24, 2.45) is 0 Å². The Morgan fingerprint density at radius 3 is 2.67 bits per heavy atom. The third-order valence-electron chi connectivity index (χ3n) is 0.883. The van der Waals surface area contributed by atoms with Crippen LogP contribution < -0.4 is 5.32 Å². The van der Waals surface area contributed by atoms with E-state index in [1.165, 1.54) is 0 Å². The van der Waals surface area contributed by atoms with Crippen LogP contribution in [-0.4, -0.2) is 24.5 Å². The van der Waals surface area contributed by atoms with Crippen molar-refractivity contribution < 1.29 is 4.58 Å². The van der Waals surface area contributed by atoms with Crippen molar-refractivity contribution in [1.82, 2.24) is 5.32 Å². The summed E-state index contributed by atoms with van der Waals surface area (Å²) in [5.74, 6) is 0. The van der Waals surface area contributed by atoms with E-state index in [0.717, 1.165) is 6.54 Å². The molecule has 0 unspecified atom stereocenters. The Labute approximate surface area is 56.9 Å². The van der Waals surface area contributed by atoms with Gasteiger partial charge in [0.2, 0.25) is 6.34 Å². The van der Waals surface area contributed by atoms with E-state index < -0.39 is 0 Å². The third-order valence-corrected chi connectivity index (χ3v) is 0.883. The Bertz CT molecular complexity index is 114. The summed E-state index contributed by atoms with van der Waals surface area (Å²) in [4.78, 5) is 0. The summed E-state index contributed by atoms with van der Waals surface area (Å²) in [5, 5.41) is 3.08. The number of allylic oxidation sites excluding steroid dienone is 1. The van der Waals surface area contributed by atoms with Crippen LogP contribution in [0.2, 0.25) is 0 Å². The van der Waals surface area contributed by atoms with Crippen LogP contribution in [0, 0.1) is 0 Å². The highest BCUT2D eigenvalue weighted by atomic mass is 15.0. The lowest BCUT2D eigenvalue weighted by Gasteiger charge is -1.88. The molecule has 0 heterocycles. The average molecular weight is 127 g/mol. The molecule has 1 N–H and O–H groups in total. The molecule has 0 aliphatic rings. The molecule has 52 valence electrons. The van der Waals surface area contributed by atoms with Crippen molar-refractivity contribution in [2.75, 3.05) is 13.6 Å². The lowest BCUT2D eigenvalue weighted by molar-refractivity contribution is -0.419. The van der Waals surface area contributed by atoms with Crippen LogP contribution in [0.15, 0.2) is 12.3 Å². The largest absolute Gasteiger partial charge is 0.281 e. The van der Waals surface area contributed by atoms with E-state index in [1.807, 2.05) is 37.2 Å². The maximum Gasteiger partial charge on any atom is 0.236 e. The summed E-state index contributed by atoms with van der Waals surface area (Å²) in [5.41, 5.74) is 0. The molecule has 0 radical (unpaired) electrons. The first-order valence-electron chi connectivity index (χ1n) is 3.22. The number of hydrogen-bond acceptors (Lipinski definition) is 0. The van der Waals surface area contributed by atoms with Crippen molar-refractivity contribution in [3.63, 3.8) is 0 Å². The van der Waals surface area contributed by atoms with E-state index in [-0.39, 0.29) is 0 Å². The van der Waals surface area contributed by atoms with Crippen molar-refractivity contribution in [3.05, 3.63) is 12.3 Å². The fraction of sp³-hybridized carbons (Fsp3) is 0.571. The van der Waals surface area contributed by atoms with Gasteiger partial charge in [0.25, 0.3) is 0 Å². The Kier molecular flexibility index (Phi) is 4.88. The normalized spacial score (nSPS) is 12.6. The van der Waals surface area contributed by atoms with Crippen LogP contribution >= 0.6 is 0 Å². The molecular weight excluding hydrogens is 112 g/mol. The van der Waals surface area contributed by atoms with E-state index in [0.29, 0.717) is 0 Å². The SMILES string of the molecule is C/C=C\[N+](C)=CNCC. The zero-order chi connectivity index (χ0) is 7.11. The zero-order valence-corrected chi connectivity index (χ0v) is 6.39. The van der Waals surface area contributed by atoms with Crippen LogP contribution in [0.1, 0.15) is 13.8 Å². The molecule has 0 atom stereocenters. The number of rotatable bonds is 3. The number of nitrogens with one attached hydrogen (secondary N) is 1.